The Morgan fingerprint density at radius 3 is 2.41 bits per heavy atom. The molecule has 0 aliphatic heterocycles. The Bertz CT molecular complexity index is 369. The van der Waals surface area contributed by atoms with Crippen molar-refractivity contribution in [1.29, 1.82) is 0 Å². The second-order valence-electron chi connectivity index (χ2n) is 5.48. The van der Waals surface area contributed by atoms with E-state index in [1.807, 2.05) is 25.2 Å². The maximum Gasteiger partial charge on any atom is 0.0439 e. The summed E-state index contributed by atoms with van der Waals surface area (Å²) in [5, 5.41) is 4.93. The molecule has 0 aromatic heterocycles. The average Bonchev–Trinajstić information content (AvgIpc) is 2.22. The summed E-state index contributed by atoms with van der Waals surface area (Å²) >= 11 is 12.1. The van der Waals surface area contributed by atoms with Gasteiger partial charge < -0.3 is 5.32 Å². The summed E-state index contributed by atoms with van der Waals surface area (Å²) in [6.07, 6.45) is 2.00. The van der Waals surface area contributed by atoms with Crippen LogP contribution in [0.4, 0.5) is 0 Å². The van der Waals surface area contributed by atoms with Crippen LogP contribution in [0.25, 0.3) is 0 Å². The van der Waals surface area contributed by atoms with E-state index in [-0.39, 0.29) is 5.41 Å². The maximum absolute atomic E-state index is 6.16. The zero-order chi connectivity index (χ0) is 13.1. The fourth-order valence-electron chi connectivity index (χ4n) is 2.05. The number of rotatable bonds is 4. The second-order valence-corrected chi connectivity index (χ2v) is 6.33. The average molecular weight is 274 g/mol. The van der Waals surface area contributed by atoms with Gasteiger partial charge in [0.25, 0.3) is 0 Å². The molecule has 0 spiro atoms. The monoisotopic (exact) mass is 273 g/mol. The minimum absolute atomic E-state index is 0.250. The Kier molecular flexibility index (Phi) is 5.30. The summed E-state index contributed by atoms with van der Waals surface area (Å²) in [6, 6.07) is 6.12. The highest BCUT2D eigenvalue weighted by atomic mass is 35.5. The molecule has 1 unspecified atom stereocenters. The Labute approximate surface area is 115 Å². The molecule has 0 amide bonds. The van der Waals surface area contributed by atoms with Crippen LogP contribution in [-0.2, 0) is 6.42 Å². The molecule has 3 heteroatoms. The summed E-state index contributed by atoms with van der Waals surface area (Å²) in [7, 11) is 2.01. The van der Waals surface area contributed by atoms with Gasteiger partial charge in [0.1, 0.15) is 0 Å². The summed E-state index contributed by atoms with van der Waals surface area (Å²) in [5.74, 6) is 0. The van der Waals surface area contributed by atoms with Gasteiger partial charge in [0, 0.05) is 16.1 Å². The lowest BCUT2D eigenvalue weighted by Gasteiger charge is -2.30. The van der Waals surface area contributed by atoms with Crippen LogP contribution in [0.5, 0.6) is 0 Å². The molecule has 1 N–H and O–H groups in total. The first-order chi connectivity index (χ1) is 7.84. The first-order valence-corrected chi connectivity index (χ1v) is 6.71. The van der Waals surface area contributed by atoms with Crippen LogP contribution in [-0.4, -0.2) is 13.1 Å². The fourth-order valence-corrected chi connectivity index (χ4v) is 2.45. The van der Waals surface area contributed by atoms with Crippen LogP contribution in [0.3, 0.4) is 0 Å². The van der Waals surface area contributed by atoms with Crippen LogP contribution in [0.15, 0.2) is 18.2 Å². The van der Waals surface area contributed by atoms with E-state index in [2.05, 4.69) is 26.1 Å². The molecule has 0 saturated carbocycles. The summed E-state index contributed by atoms with van der Waals surface area (Å²) in [5.41, 5.74) is 1.38. The van der Waals surface area contributed by atoms with Crippen molar-refractivity contribution in [3.63, 3.8) is 0 Å². The molecule has 17 heavy (non-hydrogen) atoms. The Morgan fingerprint density at radius 2 is 1.88 bits per heavy atom. The smallest absolute Gasteiger partial charge is 0.0439 e. The highest BCUT2D eigenvalue weighted by Crippen LogP contribution is 2.26. The molecular formula is C14H21Cl2N. The van der Waals surface area contributed by atoms with Gasteiger partial charge in [-0.2, -0.15) is 0 Å². The minimum Gasteiger partial charge on any atom is -0.316 e. The van der Waals surface area contributed by atoms with Crippen LogP contribution in [0.2, 0.25) is 10.0 Å². The van der Waals surface area contributed by atoms with E-state index in [0.717, 1.165) is 28.5 Å². The van der Waals surface area contributed by atoms with Crippen LogP contribution < -0.4 is 5.32 Å². The van der Waals surface area contributed by atoms with Crippen molar-refractivity contribution in [2.24, 2.45) is 5.41 Å². The van der Waals surface area contributed by atoms with Crippen LogP contribution >= 0.6 is 23.2 Å². The number of halogens is 2. The van der Waals surface area contributed by atoms with Crippen molar-refractivity contribution >= 4 is 23.2 Å². The summed E-state index contributed by atoms with van der Waals surface area (Å²) < 4.78 is 0. The molecular weight excluding hydrogens is 253 g/mol. The van der Waals surface area contributed by atoms with Gasteiger partial charge in [-0.3, -0.25) is 0 Å². The zero-order valence-corrected chi connectivity index (χ0v) is 12.5. The molecule has 0 fully saturated rings. The van der Waals surface area contributed by atoms with Crippen LogP contribution in [0, 0.1) is 5.41 Å². The van der Waals surface area contributed by atoms with Gasteiger partial charge in [0.2, 0.25) is 0 Å². The molecule has 1 atom stereocenters. The van der Waals surface area contributed by atoms with Crippen molar-refractivity contribution in [1.82, 2.24) is 5.32 Å². The van der Waals surface area contributed by atoms with Gasteiger partial charge >= 0.3 is 0 Å². The predicted molar refractivity (Wildman–Crippen MR) is 77.1 cm³/mol. The number of hydrogen-bond donors (Lipinski definition) is 1. The number of hydrogen-bond acceptors (Lipinski definition) is 1. The summed E-state index contributed by atoms with van der Waals surface area (Å²) in [4.78, 5) is 0. The van der Waals surface area contributed by atoms with Crippen molar-refractivity contribution in [3.8, 4) is 0 Å². The molecule has 0 saturated heterocycles. The SMILES string of the molecule is CNC(CCc1cc(Cl)ccc1Cl)C(C)(C)C. The zero-order valence-electron chi connectivity index (χ0n) is 11.0. The quantitative estimate of drug-likeness (QED) is 0.848. The third-order valence-electron chi connectivity index (χ3n) is 3.10. The normalized spacial score (nSPS) is 13.8. The van der Waals surface area contributed by atoms with Crippen LogP contribution in [0.1, 0.15) is 32.8 Å². The van der Waals surface area contributed by atoms with Gasteiger partial charge in [-0.1, -0.05) is 44.0 Å². The van der Waals surface area contributed by atoms with E-state index < -0.39 is 0 Å². The number of nitrogens with one attached hydrogen (secondary N) is 1. The Balaban J connectivity index is 2.69. The lowest BCUT2D eigenvalue weighted by molar-refractivity contribution is 0.268. The van der Waals surface area contributed by atoms with Crippen molar-refractivity contribution in [2.45, 2.75) is 39.7 Å². The molecule has 0 radical (unpaired) electrons. The van der Waals surface area contributed by atoms with E-state index >= 15 is 0 Å². The van der Waals surface area contributed by atoms with E-state index in [4.69, 9.17) is 23.2 Å². The molecule has 1 aromatic carbocycles. The number of benzene rings is 1. The van der Waals surface area contributed by atoms with E-state index in [1.165, 1.54) is 0 Å². The molecule has 96 valence electrons. The minimum atomic E-state index is 0.250. The van der Waals surface area contributed by atoms with Gasteiger partial charge in [0.15, 0.2) is 0 Å². The van der Waals surface area contributed by atoms with E-state index in [0.29, 0.717) is 6.04 Å². The number of aryl methyl sites for hydroxylation is 1. The van der Waals surface area contributed by atoms with Gasteiger partial charge in [-0.05, 0) is 49.1 Å². The standard InChI is InChI=1S/C14H21Cl2N/c1-14(2,3)13(17-4)8-5-10-9-11(15)6-7-12(10)16/h6-7,9,13,17H,5,8H2,1-4H3. The first-order valence-electron chi connectivity index (χ1n) is 5.96. The predicted octanol–water partition coefficient (Wildman–Crippen LogP) is 4.56. The Morgan fingerprint density at radius 1 is 1.24 bits per heavy atom. The Hall–Kier alpha value is -0.240. The molecule has 0 heterocycles. The third-order valence-corrected chi connectivity index (χ3v) is 3.71. The largest absolute Gasteiger partial charge is 0.316 e. The lowest BCUT2D eigenvalue weighted by Crippen LogP contribution is -2.38. The highest BCUT2D eigenvalue weighted by Gasteiger charge is 2.22. The second kappa shape index (κ2) is 6.08. The first kappa shape index (κ1) is 14.8. The fraction of sp³-hybridized carbons (Fsp3) is 0.571. The third kappa shape index (κ3) is 4.50. The summed E-state index contributed by atoms with van der Waals surface area (Å²) in [6.45, 7) is 6.73. The molecule has 0 aliphatic rings. The molecule has 1 rings (SSSR count). The molecule has 0 bridgehead atoms. The molecule has 1 aromatic rings. The van der Waals surface area contributed by atoms with Crippen molar-refractivity contribution < 1.29 is 0 Å². The van der Waals surface area contributed by atoms with Gasteiger partial charge in [0.05, 0.1) is 0 Å². The van der Waals surface area contributed by atoms with E-state index in [1.54, 1.807) is 0 Å². The molecule has 1 nitrogen and oxygen atoms in total. The van der Waals surface area contributed by atoms with E-state index in [9.17, 15) is 0 Å². The van der Waals surface area contributed by atoms with Gasteiger partial charge in [-0.25, -0.2) is 0 Å². The molecule has 0 aliphatic carbocycles. The topological polar surface area (TPSA) is 12.0 Å². The van der Waals surface area contributed by atoms with Crippen molar-refractivity contribution in [2.75, 3.05) is 7.05 Å². The highest BCUT2D eigenvalue weighted by molar-refractivity contribution is 6.33. The van der Waals surface area contributed by atoms with Gasteiger partial charge in [-0.15, -0.1) is 0 Å². The lowest BCUT2D eigenvalue weighted by atomic mass is 9.83. The maximum atomic E-state index is 6.16. The van der Waals surface area contributed by atoms with Crippen molar-refractivity contribution in [3.05, 3.63) is 33.8 Å².